The summed E-state index contributed by atoms with van der Waals surface area (Å²) in [6.45, 7) is 0.608. The van der Waals surface area contributed by atoms with E-state index in [0.29, 0.717) is 13.0 Å². The molecule has 0 aliphatic carbocycles. The number of aromatic amines is 1. The summed E-state index contributed by atoms with van der Waals surface area (Å²) >= 11 is 0. The van der Waals surface area contributed by atoms with Crippen molar-refractivity contribution in [2.45, 2.75) is 13.0 Å². The summed E-state index contributed by atoms with van der Waals surface area (Å²) in [6.07, 6.45) is 2.33. The minimum Gasteiger partial charge on any atom is -0.347 e. The van der Waals surface area contributed by atoms with Crippen LogP contribution >= 0.6 is 0 Å². The highest BCUT2D eigenvalue weighted by Gasteiger charge is 2.06. The summed E-state index contributed by atoms with van der Waals surface area (Å²) < 4.78 is 2.05. The third-order valence-corrected chi connectivity index (χ3v) is 2.86. The fourth-order valence-corrected chi connectivity index (χ4v) is 1.96. The van der Waals surface area contributed by atoms with Gasteiger partial charge in [-0.2, -0.15) is 5.21 Å². The Morgan fingerprint density at radius 2 is 2.21 bits per heavy atom. The molecule has 0 aliphatic rings. The highest BCUT2D eigenvalue weighted by atomic mass is 16.1. The Labute approximate surface area is 108 Å². The van der Waals surface area contributed by atoms with Crippen molar-refractivity contribution >= 4 is 22.8 Å². The molecule has 96 valence electrons. The normalized spacial score (nSPS) is 10.7. The van der Waals surface area contributed by atoms with Gasteiger partial charge < -0.3 is 4.57 Å². The van der Waals surface area contributed by atoms with Gasteiger partial charge in [0.25, 0.3) is 5.95 Å². The van der Waals surface area contributed by atoms with Gasteiger partial charge in [0.15, 0.2) is 0 Å². The molecular weight excluding hydrogens is 244 g/mol. The van der Waals surface area contributed by atoms with Gasteiger partial charge >= 0.3 is 0 Å². The Hall–Kier alpha value is -2.70. The van der Waals surface area contributed by atoms with Crippen molar-refractivity contribution in [2.24, 2.45) is 0 Å². The maximum Gasteiger partial charge on any atom is 0.269 e. The molecule has 0 saturated carbocycles. The maximum absolute atomic E-state index is 11.7. The summed E-state index contributed by atoms with van der Waals surface area (Å²) in [6, 6.07) is 10.1. The molecule has 1 aromatic carbocycles. The van der Waals surface area contributed by atoms with Crippen molar-refractivity contribution in [2.75, 3.05) is 5.32 Å². The Kier molecular flexibility index (Phi) is 2.93. The first-order valence-electron chi connectivity index (χ1n) is 5.90. The number of nitrogens with zero attached hydrogens (tertiary/aromatic N) is 4. The molecule has 2 N–H and O–H groups in total. The van der Waals surface area contributed by atoms with E-state index < -0.39 is 0 Å². The molecule has 0 radical (unpaired) electrons. The number of aryl methyl sites for hydroxylation is 1. The molecule has 2 heterocycles. The van der Waals surface area contributed by atoms with Crippen molar-refractivity contribution in [3.8, 4) is 0 Å². The van der Waals surface area contributed by atoms with Crippen LogP contribution in [0.2, 0.25) is 0 Å². The first-order valence-corrected chi connectivity index (χ1v) is 5.90. The van der Waals surface area contributed by atoms with Crippen LogP contribution in [0.25, 0.3) is 10.9 Å². The van der Waals surface area contributed by atoms with Crippen LogP contribution in [0.4, 0.5) is 5.95 Å². The van der Waals surface area contributed by atoms with Crippen LogP contribution in [0.1, 0.15) is 6.42 Å². The Morgan fingerprint density at radius 3 is 3.05 bits per heavy atom. The molecule has 2 aromatic heterocycles. The lowest BCUT2D eigenvalue weighted by Crippen LogP contribution is -2.15. The van der Waals surface area contributed by atoms with E-state index in [9.17, 15) is 4.79 Å². The molecule has 7 nitrogen and oxygen atoms in total. The second-order valence-electron chi connectivity index (χ2n) is 4.10. The van der Waals surface area contributed by atoms with Gasteiger partial charge in [-0.05, 0) is 22.7 Å². The lowest BCUT2D eigenvalue weighted by atomic mass is 10.2. The van der Waals surface area contributed by atoms with E-state index in [-0.39, 0.29) is 11.9 Å². The van der Waals surface area contributed by atoms with Crippen LogP contribution < -0.4 is 5.32 Å². The van der Waals surface area contributed by atoms with Crippen molar-refractivity contribution in [3.63, 3.8) is 0 Å². The molecule has 3 rings (SSSR count). The van der Waals surface area contributed by atoms with E-state index in [4.69, 9.17) is 0 Å². The Morgan fingerprint density at radius 1 is 1.32 bits per heavy atom. The number of para-hydroxylation sites is 1. The van der Waals surface area contributed by atoms with Crippen molar-refractivity contribution in [3.05, 3.63) is 36.5 Å². The van der Waals surface area contributed by atoms with Gasteiger partial charge in [0.05, 0.1) is 0 Å². The number of aromatic nitrogens is 5. The molecular formula is C12H12N6O. The van der Waals surface area contributed by atoms with Gasteiger partial charge in [0.1, 0.15) is 0 Å². The molecule has 0 fully saturated rings. The molecule has 0 bridgehead atoms. The number of carbonyl (C=O) groups excluding carboxylic acids is 1. The summed E-state index contributed by atoms with van der Waals surface area (Å²) in [5, 5.41) is 16.7. The third kappa shape index (κ3) is 2.44. The average molecular weight is 256 g/mol. The first-order chi connectivity index (χ1) is 9.33. The fraction of sp³-hybridized carbons (Fsp3) is 0.167. The molecule has 19 heavy (non-hydrogen) atoms. The number of hydrogen-bond acceptors (Lipinski definition) is 4. The van der Waals surface area contributed by atoms with Crippen molar-refractivity contribution in [1.29, 1.82) is 0 Å². The van der Waals surface area contributed by atoms with Gasteiger partial charge in [0.2, 0.25) is 5.91 Å². The largest absolute Gasteiger partial charge is 0.347 e. The van der Waals surface area contributed by atoms with Gasteiger partial charge in [-0.15, -0.1) is 5.10 Å². The fourth-order valence-electron chi connectivity index (χ4n) is 1.96. The third-order valence-electron chi connectivity index (χ3n) is 2.86. The zero-order chi connectivity index (χ0) is 13.1. The topological polar surface area (TPSA) is 88.5 Å². The number of fused-ring (bicyclic) bond motifs is 1. The molecule has 1 amide bonds. The maximum atomic E-state index is 11.7. The van der Waals surface area contributed by atoms with Crippen LogP contribution in [0.15, 0.2) is 36.5 Å². The highest BCUT2D eigenvalue weighted by molar-refractivity contribution is 5.89. The van der Waals surface area contributed by atoms with Gasteiger partial charge in [-0.25, -0.2) is 0 Å². The van der Waals surface area contributed by atoms with Crippen LogP contribution in [-0.2, 0) is 11.3 Å². The molecule has 0 spiro atoms. The quantitative estimate of drug-likeness (QED) is 0.733. The number of hydrogen-bond donors (Lipinski definition) is 2. The highest BCUT2D eigenvalue weighted by Crippen LogP contribution is 2.15. The van der Waals surface area contributed by atoms with Crippen LogP contribution in [-0.4, -0.2) is 31.1 Å². The summed E-state index contributed by atoms with van der Waals surface area (Å²) in [5.74, 6) is 0.0570. The van der Waals surface area contributed by atoms with E-state index in [0.717, 1.165) is 5.52 Å². The lowest BCUT2D eigenvalue weighted by molar-refractivity contribution is -0.116. The number of anilines is 1. The first kappa shape index (κ1) is 11.4. The number of carbonyl (C=O) groups is 1. The zero-order valence-corrected chi connectivity index (χ0v) is 10.1. The lowest BCUT2D eigenvalue weighted by Gasteiger charge is -2.04. The van der Waals surface area contributed by atoms with Gasteiger partial charge in [-0.1, -0.05) is 23.3 Å². The number of H-pyrrole nitrogens is 1. The van der Waals surface area contributed by atoms with E-state index in [1.165, 1.54) is 5.39 Å². The standard InChI is InChI=1S/C12H12N6O/c19-11(13-12-14-16-17-15-12)6-8-18-7-5-9-3-1-2-4-10(9)18/h1-5,7H,6,8H2,(H2,13,14,15,16,17,19). The summed E-state index contributed by atoms with van der Waals surface area (Å²) in [7, 11) is 0. The minimum atomic E-state index is -0.140. The number of rotatable bonds is 4. The SMILES string of the molecule is O=C(CCn1ccc2ccccc21)Nc1nn[nH]n1. The van der Waals surface area contributed by atoms with Gasteiger partial charge in [-0.3, -0.25) is 10.1 Å². The second-order valence-corrected chi connectivity index (χ2v) is 4.10. The van der Waals surface area contributed by atoms with Crippen molar-refractivity contribution in [1.82, 2.24) is 25.2 Å². The summed E-state index contributed by atoms with van der Waals surface area (Å²) in [5.41, 5.74) is 1.12. The number of tetrazole rings is 1. The molecule has 0 saturated heterocycles. The number of amides is 1. The van der Waals surface area contributed by atoms with Crippen LogP contribution in [0.5, 0.6) is 0 Å². The molecule has 3 aromatic rings. The second kappa shape index (κ2) is 4.89. The molecule has 0 atom stereocenters. The van der Waals surface area contributed by atoms with E-state index in [1.807, 2.05) is 41.1 Å². The number of nitrogens with one attached hydrogen (secondary N) is 2. The monoisotopic (exact) mass is 256 g/mol. The molecule has 7 heteroatoms. The Bertz CT molecular complexity index is 687. The molecule has 0 aliphatic heterocycles. The van der Waals surface area contributed by atoms with Crippen LogP contribution in [0, 0.1) is 0 Å². The average Bonchev–Trinajstić information content (AvgIpc) is 3.05. The van der Waals surface area contributed by atoms with E-state index in [1.54, 1.807) is 0 Å². The predicted octanol–water partition coefficient (Wildman–Crippen LogP) is 1.18. The Balaban J connectivity index is 1.64. The summed E-state index contributed by atoms with van der Waals surface area (Å²) in [4.78, 5) is 11.7. The minimum absolute atomic E-state index is 0.140. The van der Waals surface area contributed by atoms with Gasteiger partial charge in [0, 0.05) is 24.7 Å². The van der Waals surface area contributed by atoms with Crippen molar-refractivity contribution < 1.29 is 4.79 Å². The van der Waals surface area contributed by atoms with Crippen LogP contribution in [0.3, 0.4) is 0 Å². The predicted molar refractivity (Wildman–Crippen MR) is 69.4 cm³/mol. The smallest absolute Gasteiger partial charge is 0.269 e. The number of benzene rings is 1. The molecule has 0 unspecified atom stereocenters. The van der Waals surface area contributed by atoms with E-state index in [2.05, 4.69) is 25.9 Å². The zero-order valence-electron chi connectivity index (χ0n) is 10.1. The van der Waals surface area contributed by atoms with E-state index >= 15 is 0 Å².